The van der Waals surface area contributed by atoms with Crippen LogP contribution in [-0.4, -0.2) is 17.5 Å². The molecule has 0 saturated carbocycles. The fraction of sp³-hybridized carbons (Fsp3) is 0.462. The number of amides is 1. The average molecular weight is 424 g/mol. The van der Waals surface area contributed by atoms with E-state index in [9.17, 15) is 9.59 Å². The molecule has 0 fully saturated rings. The Bertz CT molecular complexity index is 1050. The lowest BCUT2D eigenvalue weighted by atomic mass is 9.85. The summed E-state index contributed by atoms with van der Waals surface area (Å²) in [4.78, 5) is 24.5. The summed E-state index contributed by atoms with van der Waals surface area (Å²) in [6, 6.07) is 4.15. The normalized spacial score (nSPS) is 17.5. The molecule has 0 aliphatic carbocycles. The summed E-state index contributed by atoms with van der Waals surface area (Å²) in [5.74, 6) is 1.06. The van der Waals surface area contributed by atoms with E-state index in [-0.39, 0.29) is 18.3 Å². The van der Waals surface area contributed by atoms with Gasteiger partial charge in [0.1, 0.15) is 17.1 Å². The van der Waals surface area contributed by atoms with Crippen LogP contribution >= 0.6 is 0 Å². The lowest BCUT2D eigenvalue weighted by Crippen LogP contribution is -2.40. The lowest BCUT2D eigenvalue weighted by molar-refractivity contribution is -0.132. The molecule has 0 saturated heterocycles. The van der Waals surface area contributed by atoms with Gasteiger partial charge in [0.2, 0.25) is 5.91 Å². The first-order valence-corrected chi connectivity index (χ1v) is 10.8. The van der Waals surface area contributed by atoms with Crippen molar-refractivity contribution in [3.05, 3.63) is 51.1 Å². The highest BCUT2D eigenvalue weighted by atomic mass is 16.5. The lowest BCUT2D eigenvalue weighted by Gasteiger charge is -2.37. The number of ether oxygens (including phenoxy) is 2. The second-order valence-electron chi connectivity index (χ2n) is 9.16. The van der Waals surface area contributed by atoms with Gasteiger partial charge in [0, 0.05) is 18.2 Å². The van der Waals surface area contributed by atoms with Crippen molar-refractivity contribution in [1.29, 1.82) is 0 Å². The average Bonchev–Trinajstić information content (AvgIpc) is 2.65. The number of nitrogens with one attached hydrogen (secondary N) is 1. The summed E-state index contributed by atoms with van der Waals surface area (Å²) in [5, 5.41) is 3.09. The van der Waals surface area contributed by atoms with E-state index in [2.05, 4.69) is 24.4 Å². The third-order valence-electron chi connectivity index (χ3n) is 6.29. The second kappa shape index (κ2) is 8.37. The molecule has 0 spiro atoms. The van der Waals surface area contributed by atoms with Gasteiger partial charge >= 0.3 is 5.97 Å². The van der Waals surface area contributed by atoms with Gasteiger partial charge in [-0.25, -0.2) is 0 Å². The molecule has 1 aliphatic heterocycles. The van der Waals surface area contributed by atoms with E-state index in [1.807, 2.05) is 41.5 Å². The number of hydrogen-bond acceptors (Lipinski definition) is 4. The van der Waals surface area contributed by atoms with E-state index in [4.69, 9.17) is 9.47 Å². The predicted octanol–water partition coefficient (Wildman–Crippen LogP) is 5.57. The van der Waals surface area contributed by atoms with Gasteiger partial charge in [0.15, 0.2) is 0 Å². The van der Waals surface area contributed by atoms with Crippen LogP contribution in [0.2, 0.25) is 0 Å². The zero-order chi connectivity index (χ0) is 23.1. The van der Waals surface area contributed by atoms with Crippen molar-refractivity contribution in [3.8, 4) is 11.5 Å². The number of hydrogen-bond donors (Lipinski definition) is 1. The molecule has 1 N–H and O–H groups in total. The molecular formula is C26H33NO4. The first-order chi connectivity index (χ1) is 14.4. The Morgan fingerprint density at radius 2 is 1.65 bits per heavy atom. The largest absolute Gasteiger partial charge is 0.486 e. The predicted molar refractivity (Wildman–Crippen MR) is 123 cm³/mol. The van der Waals surface area contributed by atoms with Crippen molar-refractivity contribution < 1.29 is 19.1 Å². The maximum atomic E-state index is 12.9. The fourth-order valence-electron chi connectivity index (χ4n) is 4.60. The van der Waals surface area contributed by atoms with Crippen molar-refractivity contribution in [2.45, 2.75) is 80.3 Å². The molecule has 1 amide bonds. The van der Waals surface area contributed by atoms with E-state index in [0.717, 1.165) is 51.2 Å². The minimum absolute atomic E-state index is 0.0522. The number of anilines is 1. The highest BCUT2D eigenvalue weighted by molar-refractivity contribution is 5.93. The van der Waals surface area contributed by atoms with E-state index in [0.29, 0.717) is 12.2 Å². The Morgan fingerprint density at radius 1 is 1.03 bits per heavy atom. The molecule has 2 aromatic carbocycles. The molecule has 5 nitrogen and oxygen atoms in total. The summed E-state index contributed by atoms with van der Waals surface area (Å²) in [6.45, 7) is 15.4. The number of fused-ring (bicyclic) bond motifs is 1. The summed E-state index contributed by atoms with van der Waals surface area (Å²) in [6.07, 6.45) is 1.74. The molecule has 1 unspecified atom stereocenters. The standard InChI is InChI=1S/C26H33NO4/c1-14-11-15(2)23(16(3)12-14)27-22(29)13-26(8)10-9-21-19(6)24(30-20(7)28)17(4)18(5)25(21)31-26/h11-12H,9-10,13H2,1-8H3,(H,27,29). The molecule has 2 aromatic rings. The van der Waals surface area contributed by atoms with Gasteiger partial charge in [-0.3, -0.25) is 9.59 Å². The van der Waals surface area contributed by atoms with Crippen molar-refractivity contribution in [1.82, 2.24) is 0 Å². The van der Waals surface area contributed by atoms with E-state index in [1.54, 1.807) is 0 Å². The number of carbonyl (C=O) groups is 2. The Labute approximate surface area is 185 Å². The van der Waals surface area contributed by atoms with Crippen molar-refractivity contribution in [3.63, 3.8) is 0 Å². The quantitative estimate of drug-likeness (QED) is 0.515. The number of rotatable bonds is 4. The van der Waals surface area contributed by atoms with Crippen LogP contribution in [0.1, 0.15) is 65.6 Å². The monoisotopic (exact) mass is 423 g/mol. The maximum absolute atomic E-state index is 12.9. The molecule has 0 bridgehead atoms. The van der Waals surface area contributed by atoms with Gasteiger partial charge in [-0.15, -0.1) is 0 Å². The molecule has 31 heavy (non-hydrogen) atoms. The van der Waals surface area contributed by atoms with Crippen LogP contribution in [0, 0.1) is 41.5 Å². The summed E-state index contributed by atoms with van der Waals surface area (Å²) < 4.78 is 11.9. The second-order valence-corrected chi connectivity index (χ2v) is 9.16. The number of aryl methyl sites for hydroxylation is 3. The Morgan fingerprint density at radius 3 is 2.23 bits per heavy atom. The zero-order valence-corrected chi connectivity index (χ0v) is 19.9. The van der Waals surface area contributed by atoms with Crippen LogP contribution in [0.25, 0.3) is 0 Å². The van der Waals surface area contributed by atoms with Crippen LogP contribution in [0.5, 0.6) is 11.5 Å². The third kappa shape index (κ3) is 4.60. The Kier molecular flexibility index (Phi) is 6.17. The van der Waals surface area contributed by atoms with Gasteiger partial charge < -0.3 is 14.8 Å². The van der Waals surface area contributed by atoms with Crippen molar-refractivity contribution in [2.75, 3.05) is 5.32 Å². The molecule has 3 rings (SSSR count). The Balaban J connectivity index is 1.84. The minimum atomic E-state index is -0.601. The van der Waals surface area contributed by atoms with Crippen molar-refractivity contribution >= 4 is 17.6 Å². The summed E-state index contributed by atoms with van der Waals surface area (Å²) in [7, 11) is 0. The van der Waals surface area contributed by atoms with Crippen LogP contribution in [0.15, 0.2) is 12.1 Å². The third-order valence-corrected chi connectivity index (χ3v) is 6.29. The molecule has 5 heteroatoms. The molecule has 1 atom stereocenters. The number of carbonyl (C=O) groups excluding carboxylic acids is 2. The topological polar surface area (TPSA) is 64.6 Å². The highest BCUT2D eigenvalue weighted by Crippen LogP contribution is 2.44. The first-order valence-electron chi connectivity index (χ1n) is 10.8. The Hall–Kier alpha value is -2.82. The number of benzene rings is 2. The molecular weight excluding hydrogens is 390 g/mol. The first kappa shape index (κ1) is 22.9. The van der Waals surface area contributed by atoms with Gasteiger partial charge in [-0.2, -0.15) is 0 Å². The van der Waals surface area contributed by atoms with E-state index < -0.39 is 5.60 Å². The molecule has 0 radical (unpaired) electrons. The zero-order valence-electron chi connectivity index (χ0n) is 19.9. The molecule has 1 aliphatic rings. The maximum Gasteiger partial charge on any atom is 0.308 e. The van der Waals surface area contributed by atoms with Gasteiger partial charge in [-0.05, 0) is 89.1 Å². The van der Waals surface area contributed by atoms with E-state index in [1.165, 1.54) is 12.5 Å². The molecule has 166 valence electrons. The van der Waals surface area contributed by atoms with E-state index >= 15 is 0 Å². The fourth-order valence-corrected chi connectivity index (χ4v) is 4.60. The minimum Gasteiger partial charge on any atom is -0.486 e. The van der Waals surface area contributed by atoms with Crippen LogP contribution < -0.4 is 14.8 Å². The van der Waals surface area contributed by atoms with Crippen LogP contribution in [0.4, 0.5) is 5.69 Å². The van der Waals surface area contributed by atoms with Gasteiger partial charge in [-0.1, -0.05) is 17.7 Å². The smallest absolute Gasteiger partial charge is 0.308 e. The van der Waals surface area contributed by atoms with Gasteiger partial charge in [0.05, 0.1) is 6.42 Å². The number of esters is 1. The summed E-state index contributed by atoms with van der Waals surface area (Å²) >= 11 is 0. The SMILES string of the molecule is CC(=O)Oc1c(C)c(C)c2c(c1C)CCC(C)(CC(=O)Nc1c(C)cc(C)cc1C)O2. The van der Waals surface area contributed by atoms with Crippen molar-refractivity contribution in [2.24, 2.45) is 0 Å². The molecule has 1 heterocycles. The molecule has 0 aromatic heterocycles. The van der Waals surface area contributed by atoms with Gasteiger partial charge in [0.25, 0.3) is 0 Å². The highest BCUT2D eigenvalue weighted by Gasteiger charge is 2.37. The van der Waals surface area contributed by atoms with Crippen LogP contribution in [0.3, 0.4) is 0 Å². The van der Waals surface area contributed by atoms with Crippen LogP contribution in [-0.2, 0) is 16.0 Å². The summed E-state index contributed by atoms with van der Waals surface area (Å²) in [5.41, 5.74) is 7.42.